The molecule has 32 heavy (non-hydrogen) atoms. The summed E-state index contributed by atoms with van der Waals surface area (Å²) in [6.07, 6.45) is 0. The predicted octanol–water partition coefficient (Wildman–Crippen LogP) is 5.51. The van der Waals surface area contributed by atoms with E-state index in [0.29, 0.717) is 6.54 Å². The highest BCUT2D eigenvalue weighted by Gasteiger charge is 2.36. The van der Waals surface area contributed by atoms with E-state index in [1.54, 1.807) is 11.3 Å². The second-order valence-electron chi connectivity index (χ2n) is 7.99. The number of fused-ring (bicyclic) bond motifs is 1. The van der Waals surface area contributed by atoms with Crippen LogP contribution in [-0.2, 0) is 13.6 Å². The first-order chi connectivity index (χ1) is 15.5. The molecule has 4 aromatic rings. The second-order valence-corrected chi connectivity index (χ2v) is 8.88. The van der Waals surface area contributed by atoms with Gasteiger partial charge in [0, 0.05) is 34.9 Å². The summed E-state index contributed by atoms with van der Waals surface area (Å²) in [7, 11) is 2.04. The minimum absolute atomic E-state index is 0.126. The molecule has 1 aliphatic heterocycles. The first-order valence-corrected chi connectivity index (χ1v) is 11.3. The molecule has 160 valence electrons. The largest absolute Gasteiger partial charge is 0.346 e. The lowest BCUT2D eigenvalue weighted by Gasteiger charge is -2.30. The minimum Gasteiger partial charge on any atom is -0.346 e. The van der Waals surface area contributed by atoms with Gasteiger partial charge >= 0.3 is 6.03 Å². The van der Waals surface area contributed by atoms with Crippen LogP contribution in [0.15, 0.2) is 70.0 Å². The number of nitrogens with zero attached hydrogens (tertiary/aromatic N) is 4. The summed E-state index contributed by atoms with van der Waals surface area (Å²) in [5.41, 5.74) is 6.03. The molecule has 5 rings (SSSR count). The van der Waals surface area contributed by atoms with E-state index in [9.17, 15) is 4.79 Å². The molecule has 2 atom stereocenters. The molecule has 2 aromatic heterocycles. The van der Waals surface area contributed by atoms with Gasteiger partial charge in [-0.1, -0.05) is 42.5 Å². The standard InChI is InChI=1S/C25H23N5OS/c1-15-22(24-28-19(14-32-24)17-10-8-16(9-11-17)13-26-2)23(29-25(31)27-15)21-12-18-6-4-5-7-20(18)30(21)3/h4-12,14,22-23H,2,13H2,1,3H3,(H,29,31). The number of aryl methyl sites for hydroxylation is 1. The van der Waals surface area contributed by atoms with E-state index in [2.05, 4.69) is 74.4 Å². The van der Waals surface area contributed by atoms with Gasteiger partial charge in [0.2, 0.25) is 0 Å². The normalized spacial score (nSPS) is 18.4. The first-order valence-electron chi connectivity index (χ1n) is 10.4. The van der Waals surface area contributed by atoms with Crippen molar-refractivity contribution in [2.45, 2.75) is 25.4 Å². The number of benzene rings is 2. The number of thiazole rings is 1. The third-order valence-corrected chi connectivity index (χ3v) is 6.91. The van der Waals surface area contributed by atoms with Crippen molar-refractivity contribution < 1.29 is 4.79 Å². The number of hydrogen-bond donors (Lipinski definition) is 1. The Bertz CT molecular complexity index is 1350. The van der Waals surface area contributed by atoms with E-state index < -0.39 is 0 Å². The first kappa shape index (κ1) is 20.3. The predicted molar refractivity (Wildman–Crippen MR) is 131 cm³/mol. The number of rotatable bonds is 5. The molecule has 2 unspecified atom stereocenters. The van der Waals surface area contributed by atoms with Crippen LogP contribution >= 0.6 is 11.3 Å². The number of carbonyl (C=O) groups excluding carboxylic acids is 1. The molecule has 0 bridgehead atoms. The maximum atomic E-state index is 12.3. The van der Waals surface area contributed by atoms with Crippen LogP contribution in [0.2, 0.25) is 0 Å². The van der Waals surface area contributed by atoms with Crippen molar-refractivity contribution in [2.75, 3.05) is 0 Å². The number of amides is 2. The lowest BCUT2D eigenvalue weighted by molar-refractivity contribution is 0.242. The van der Waals surface area contributed by atoms with Crippen molar-refractivity contribution in [1.82, 2.24) is 14.9 Å². The van der Waals surface area contributed by atoms with Gasteiger partial charge in [0.1, 0.15) is 5.01 Å². The molecule has 7 heteroatoms. The Labute approximate surface area is 190 Å². The number of aromatic nitrogens is 2. The number of para-hydroxylation sites is 1. The summed E-state index contributed by atoms with van der Waals surface area (Å²) >= 11 is 1.60. The number of nitrogens with one attached hydrogen (secondary N) is 1. The Morgan fingerprint density at radius 2 is 1.97 bits per heavy atom. The number of hydrogen-bond acceptors (Lipinski definition) is 4. The third kappa shape index (κ3) is 3.54. The lowest BCUT2D eigenvalue weighted by atomic mass is 9.91. The van der Waals surface area contributed by atoms with Crippen molar-refractivity contribution >= 4 is 40.7 Å². The van der Waals surface area contributed by atoms with E-state index in [1.807, 2.05) is 26.1 Å². The molecular formula is C25H23N5OS. The molecule has 6 nitrogen and oxygen atoms in total. The van der Waals surface area contributed by atoms with Crippen LogP contribution in [0.1, 0.15) is 35.1 Å². The Kier molecular flexibility index (Phi) is 5.19. The molecule has 0 fully saturated rings. The Hall–Kier alpha value is -3.58. The molecule has 1 N–H and O–H groups in total. The second kappa shape index (κ2) is 8.16. The van der Waals surface area contributed by atoms with E-state index >= 15 is 0 Å². The van der Waals surface area contributed by atoms with Crippen LogP contribution < -0.4 is 5.32 Å². The topological polar surface area (TPSA) is 71.6 Å². The highest BCUT2D eigenvalue weighted by atomic mass is 32.1. The average molecular weight is 442 g/mol. The summed E-state index contributed by atoms with van der Waals surface area (Å²) in [4.78, 5) is 25.4. The van der Waals surface area contributed by atoms with Crippen LogP contribution in [0.3, 0.4) is 0 Å². The molecule has 3 heterocycles. The molecule has 1 aliphatic rings. The number of aliphatic imine (C=N–C) groups is 2. The van der Waals surface area contributed by atoms with Crippen LogP contribution in [0.4, 0.5) is 4.79 Å². The van der Waals surface area contributed by atoms with Crippen molar-refractivity contribution in [3.63, 3.8) is 0 Å². The summed E-state index contributed by atoms with van der Waals surface area (Å²) in [6, 6.07) is 18.1. The van der Waals surface area contributed by atoms with E-state index in [1.165, 1.54) is 0 Å². The SMILES string of the molecule is C=NCc1ccc(-c2csc(C3C(C)=NC(=O)NC3c3cc4ccccc4n3C)n2)cc1. The van der Waals surface area contributed by atoms with E-state index in [0.717, 1.165) is 44.1 Å². The Balaban J connectivity index is 1.54. The molecule has 0 spiro atoms. The molecule has 0 saturated carbocycles. The van der Waals surface area contributed by atoms with Crippen molar-refractivity contribution in [2.24, 2.45) is 17.0 Å². The highest BCUT2D eigenvalue weighted by molar-refractivity contribution is 7.10. The summed E-state index contributed by atoms with van der Waals surface area (Å²) in [6.45, 7) is 6.07. The fourth-order valence-electron chi connectivity index (χ4n) is 4.37. The number of urea groups is 1. The van der Waals surface area contributed by atoms with Gasteiger partial charge in [0.25, 0.3) is 0 Å². The van der Waals surface area contributed by atoms with E-state index in [-0.39, 0.29) is 18.0 Å². The zero-order valence-electron chi connectivity index (χ0n) is 17.9. The summed E-state index contributed by atoms with van der Waals surface area (Å²) in [5.74, 6) is -0.126. The molecule has 0 aliphatic carbocycles. The maximum Gasteiger partial charge on any atom is 0.341 e. The fourth-order valence-corrected chi connectivity index (χ4v) is 5.39. The third-order valence-electron chi connectivity index (χ3n) is 5.98. The highest BCUT2D eigenvalue weighted by Crippen LogP contribution is 2.39. The monoisotopic (exact) mass is 441 g/mol. The molecule has 0 saturated heterocycles. The van der Waals surface area contributed by atoms with Crippen molar-refractivity contribution in [1.29, 1.82) is 0 Å². The van der Waals surface area contributed by atoms with Crippen LogP contribution in [0, 0.1) is 0 Å². The zero-order chi connectivity index (χ0) is 22.2. The van der Waals surface area contributed by atoms with E-state index in [4.69, 9.17) is 4.98 Å². The maximum absolute atomic E-state index is 12.3. The smallest absolute Gasteiger partial charge is 0.341 e. The summed E-state index contributed by atoms with van der Waals surface area (Å²) < 4.78 is 2.15. The van der Waals surface area contributed by atoms with Crippen LogP contribution in [0.5, 0.6) is 0 Å². The summed E-state index contributed by atoms with van der Waals surface area (Å²) in [5, 5.41) is 7.24. The van der Waals surface area contributed by atoms with Gasteiger partial charge in [0.05, 0.1) is 24.2 Å². The van der Waals surface area contributed by atoms with Gasteiger partial charge < -0.3 is 9.88 Å². The van der Waals surface area contributed by atoms with Gasteiger partial charge in [-0.15, -0.1) is 11.3 Å². The van der Waals surface area contributed by atoms with Gasteiger partial charge in [-0.25, -0.2) is 14.8 Å². The van der Waals surface area contributed by atoms with Crippen LogP contribution in [-0.4, -0.2) is 28.0 Å². The molecular weight excluding hydrogens is 418 g/mol. The molecule has 0 radical (unpaired) electrons. The quantitative estimate of drug-likeness (QED) is 0.415. The lowest BCUT2D eigenvalue weighted by Crippen LogP contribution is -2.39. The van der Waals surface area contributed by atoms with Crippen LogP contribution in [0.25, 0.3) is 22.2 Å². The van der Waals surface area contributed by atoms with Crippen molar-refractivity contribution in [3.8, 4) is 11.3 Å². The van der Waals surface area contributed by atoms with Gasteiger partial charge in [-0.2, -0.15) is 0 Å². The minimum atomic E-state index is -0.308. The number of carbonyl (C=O) groups is 1. The Morgan fingerprint density at radius 3 is 2.72 bits per heavy atom. The molecule has 2 aromatic carbocycles. The zero-order valence-corrected chi connectivity index (χ0v) is 18.8. The van der Waals surface area contributed by atoms with Gasteiger partial charge in [-0.05, 0) is 36.7 Å². The van der Waals surface area contributed by atoms with Gasteiger partial charge in [-0.3, -0.25) is 4.99 Å². The molecule has 2 amide bonds. The van der Waals surface area contributed by atoms with Crippen molar-refractivity contribution in [3.05, 3.63) is 76.2 Å². The Morgan fingerprint density at radius 1 is 1.19 bits per heavy atom. The van der Waals surface area contributed by atoms with Gasteiger partial charge in [0.15, 0.2) is 0 Å². The fraction of sp³-hybridized carbons (Fsp3) is 0.200. The average Bonchev–Trinajstić information content (AvgIpc) is 3.39.